The number of fused-ring (bicyclic) bond motifs is 12. The van der Waals surface area contributed by atoms with Crippen LogP contribution >= 0.6 is 0 Å². The number of furan rings is 1. The second-order valence-corrected chi connectivity index (χ2v) is 28.8. The summed E-state index contributed by atoms with van der Waals surface area (Å²) in [6.45, 7) is 38.0. The number of para-hydroxylation sites is 1. The third-order valence-corrected chi connectivity index (χ3v) is 19.4. The molecular formula is C73H79N3O. The first kappa shape index (κ1) is 49.8. The zero-order valence-electron chi connectivity index (χ0n) is 48.9. The molecule has 0 unspecified atom stereocenters. The van der Waals surface area contributed by atoms with E-state index in [1.807, 2.05) is 0 Å². The molecule has 3 aromatic heterocycles. The largest absolute Gasteiger partial charge is 0.454 e. The quantitative estimate of drug-likeness (QED) is 0.166. The number of hydrogen-bond donors (Lipinski definition) is 0. The average Bonchev–Trinajstić information content (AvgIpc) is 4.05. The molecule has 0 N–H and O–H groups in total. The van der Waals surface area contributed by atoms with Crippen LogP contribution in [-0.4, -0.2) is 4.40 Å². The Balaban J connectivity index is 0.978. The average molecular weight is 1010 g/mol. The Bertz CT molecular complexity index is 4020. The van der Waals surface area contributed by atoms with Gasteiger partial charge in [0.2, 0.25) is 0 Å². The van der Waals surface area contributed by atoms with Crippen LogP contribution < -0.4 is 9.80 Å². The molecule has 0 saturated heterocycles. The number of rotatable bonds is 6. The van der Waals surface area contributed by atoms with Gasteiger partial charge in [-0.1, -0.05) is 165 Å². The fourth-order valence-corrected chi connectivity index (χ4v) is 14.3. The van der Waals surface area contributed by atoms with Crippen LogP contribution in [0.3, 0.4) is 0 Å². The lowest BCUT2D eigenvalue weighted by Gasteiger charge is -2.42. The summed E-state index contributed by atoms with van der Waals surface area (Å²) in [5.41, 5.74) is 25.3. The number of anilines is 6. The van der Waals surface area contributed by atoms with Crippen molar-refractivity contribution in [1.82, 2.24) is 4.40 Å². The summed E-state index contributed by atoms with van der Waals surface area (Å²) in [5, 5.41) is 3.59. The Morgan fingerprint density at radius 3 is 1.31 bits per heavy atom. The van der Waals surface area contributed by atoms with E-state index in [2.05, 4.69) is 265 Å². The van der Waals surface area contributed by atoms with Crippen LogP contribution in [0.5, 0.6) is 0 Å². The molecule has 13 rings (SSSR count). The van der Waals surface area contributed by atoms with Crippen LogP contribution in [0.4, 0.5) is 34.1 Å². The molecule has 0 amide bonds. The highest BCUT2D eigenvalue weighted by Gasteiger charge is 2.43. The first-order chi connectivity index (χ1) is 36.2. The van der Waals surface area contributed by atoms with E-state index in [0.717, 1.165) is 38.8 Å². The van der Waals surface area contributed by atoms with Gasteiger partial charge >= 0.3 is 0 Å². The molecule has 4 nitrogen and oxygen atoms in total. The zero-order chi connectivity index (χ0) is 54.3. The SMILES string of the molecule is CC(C)(C)c1ccc(N(c2ccc3c(c2)C(C)(C)CCC3(C)C)c2ccc3c(c2)C(C)(C)c2c-3n3c4c2cccc4c2oc4cc(N(c5ccc(C(C)(C)C)cc5)c5ccc6c(c5)C(C)(C)CCC6(C)C)ccc4c23)cc1. The highest BCUT2D eigenvalue weighted by molar-refractivity contribution is 6.22. The van der Waals surface area contributed by atoms with Crippen molar-refractivity contribution in [3.8, 4) is 11.3 Å². The highest BCUT2D eigenvalue weighted by Crippen LogP contribution is 2.58. The van der Waals surface area contributed by atoms with Crippen LogP contribution in [0, 0.1) is 0 Å². The number of aromatic nitrogens is 1. The maximum absolute atomic E-state index is 7.21. The first-order valence-electron chi connectivity index (χ1n) is 28.7. The van der Waals surface area contributed by atoms with Gasteiger partial charge in [-0.15, -0.1) is 0 Å². The van der Waals surface area contributed by atoms with Crippen molar-refractivity contribution in [3.63, 3.8) is 0 Å². The number of hydrogen-bond acceptors (Lipinski definition) is 3. The van der Waals surface area contributed by atoms with Crippen molar-refractivity contribution in [1.29, 1.82) is 0 Å². The summed E-state index contributed by atoms with van der Waals surface area (Å²) in [4.78, 5) is 4.96. The number of benzene rings is 7. The Morgan fingerprint density at radius 1 is 0.403 bits per heavy atom. The van der Waals surface area contributed by atoms with Gasteiger partial charge in [-0.05, 0) is 182 Å². The minimum Gasteiger partial charge on any atom is -0.454 e. The van der Waals surface area contributed by atoms with Gasteiger partial charge in [0.15, 0.2) is 5.58 Å². The molecule has 10 aromatic rings. The molecule has 0 aliphatic heterocycles. The molecule has 0 spiro atoms. The van der Waals surface area contributed by atoms with Crippen molar-refractivity contribution >= 4 is 72.5 Å². The van der Waals surface area contributed by atoms with Crippen LogP contribution in [-0.2, 0) is 37.9 Å². The van der Waals surface area contributed by atoms with Gasteiger partial charge in [0.1, 0.15) is 11.1 Å². The second-order valence-electron chi connectivity index (χ2n) is 28.8. The predicted octanol–water partition coefficient (Wildman–Crippen LogP) is 21.0. The molecule has 0 atom stereocenters. The van der Waals surface area contributed by atoms with E-state index in [-0.39, 0.29) is 37.9 Å². The fraction of sp³-hybridized carbons (Fsp3) is 0.370. The first-order valence-corrected chi connectivity index (χ1v) is 28.7. The number of nitrogens with zero attached hydrogens (tertiary/aromatic N) is 3. The Hall–Kier alpha value is -6.78. The van der Waals surface area contributed by atoms with Gasteiger partial charge in [-0.2, -0.15) is 0 Å². The normalized spacial score (nSPS) is 17.9. The highest BCUT2D eigenvalue weighted by atomic mass is 16.3. The molecule has 3 heterocycles. The van der Waals surface area contributed by atoms with Crippen molar-refractivity contribution in [3.05, 3.63) is 184 Å². The van der Waals surface area contributed by atoms with Crippen LogP contribution in [0.15, 0.2) is 144 Å². The molecule has 392 valence electrons. The maximum Gasteiger partial charge on any atom is 0.161 e. The summed E-state index contributed by atoms with van der Waals surface area (Å²) in [7, 11) is 0. The summed E-state index contributed by atoms with van der Waals surface area (Å²) >= 11 is 0. The Kier molecular flexibility index (Phi) is 10.4. The Morgan fingerprint density at radius 2 is 0.818 bits per heavy atom. The molecule has 3 aliphatic carbocycles. The van der Waals surface area contributed by atoms with E-state index in [0.29, 0.717) is 0 Å². The van der Waals surface area contributed by atoms with E-state index < -0.39 is 0 Å². The van der Waals surface area contributed by atoms with E-state index in [4.69, 9.17) is 4.42 Å². The van der Waals surface area contributed by atoms with E-state index in [9.17, 15) is 0 Å². The van der Waals surface area contributed by atoms with E-state index in [1.165, 1.54) is 115 Å². The van der Waals surface area contributed by atoms with Gasteiger partial charge in [-0.3, -0.25) is 0 Å². The molecule has 7 aromatic carbocycles. The van der Waals surface area contributed by atoms with Crippen LogP contribution in [0.2, 0.25) is 0 Å². The van der Waals surface area contributed by atoms with Crippen molar-refractivity contribution < 1.29 is 4.42 Å². The Labute approximate surface area is 458 Å². The zero-order valence-corrected chi connectivity index (χ0v) is 48.9. The lowest BCUT2D eigenvalue weighted by molar-refractivity contribution is 0.332. The minimum atomic E-state index is -0.279. The van der Waals surface area contributed by atoms with E-state index in [1.54, 1.807) is 0 Å². The molecule has 0 bridgehead atoms. The molecule has 77 heavy (non-hydrogen) atoms. The van der Waals surface area contributed by atoms with Gasteiger partial charge in [0, 0.05) is 67.3 Å². The van der Waals surface area contributed by atoms with Crippen molar-refractivity contribution in [2.45, 2.75) is 174 Å². The maximum atomic E-state index is 7.21. The summed E-state index contributed by atoms with van der Waals surface area (Å²) in [6.07, 6.45) is 4.72. The monoisotopic (exact) mass is 1010 g/mol. The lowest BCUT2D eigenvalue weighted by Crippen LogP contribution is -2.34. The fourth-order valence-electron chi connectivity index (χ4n) is 14.3. The van der Waals surface area contributed by atoms with Crippen molar-refractivity contribution in [2.75, 3.05) is 9.80 Å². The summed E-state index contributed by atoms with van der Waals surface area (Å²) in [5.74, 6) is 0. The van der Waals surface area contributed by atoms with Crippen LogP contribution in [0.1, 0.15) is 181 Å². The third kappa shape index (κ3) is 7.43. The standard InChI is InChI=1S/C73H79N3O/c1-67(2,3)44-20-24-46(25-21-44)74(49-30-34-56-59(41-49)71(11,12)38-36-69(56,7)8)48-28-32-52-58(40-48)73(15,16)62-54-18-17-19-55-63(54)76(64(52)62)65-53-33-29-51(43-61(53)77-66(55)65)75(47-26-22-45(23-27-47)68(4,5)6)50-31-35-57-60(42-50)72(13,14)39-37-70(57,9)10/h17-35,40-43H,36-39H2,1-16H3. The van der Waals surface area contributed by atoms with Gasteiger partial charge in [-0.25, -0.2) is 0 Å². The minimum absolute atomic E-state index is 0.0489. The predicted molar refractivity (Wildman–Crippen MR) is 328 cm³/mol. The molecule has 4 heteroatoms. The van der Waals surface area contributed by atoms with E-state index >= 15 is 0 Å². The van der Waals surface area contributed by atoms with Crippen LogP contribution in [0.25, 0.3) is 49.6 Å². The second kappa shape index (κ2) is 16.2. The smallest absolute Gasteiger partial charge is 0.161 e. The summed E-state index contributed by atoms with van der Waals surface area (Å²) < 4.78 is 9.78. The molecule has 0 saturated carbocycles. The molecule has 0 radical (unpaired) electrons. The van der Waals surface area contributed by atoms with Gasteiger partial charge in [0.05, 0.1) is 11.2 Å². The topological polar surface area (TPSA) is 24.0 Å². The van der Waals surface area contributed by atoms with Gasteiger partial charge in [0.25, 0.3) is 0 Å². The third-order valence-electron chi connectivity index (χ3n) is 19.4. The summed E-state index contributed by atoms with van der Waals surface area (Å²) in [6, 6.07) is 54.2. The molecular weight excluding hydrogens is 935 g/mol. The van der Waals surface area contributed by atoms with Crippen molar-refractivity contribution in [2.24, 2.45) is 0 Å². The molecule has 0 fully saturated rings. The molecule has 3 aliphatic rings. The lowest BCUT2D eigenvalue weighted by atomic mass is 9.63. The van der Waals surface area contributed by atoms with Gasteiger partial charge < -0.3 is 18.6 Å².